The third-order valence-electron chi connectivity index (χ3n) is 2.14. The quantitative estimate of drug-likeness (QED) is 0.655. The molecule has 2 rings (SSSR count). The summed E-state index contributed by atoms with van der Waals surface area (Å²) < 4.78 is 2.07. The number of rotatable bonds is 1. The average Bonchev–Trinajstić information content (AvgIpc) is 2.44. The molecule has 0 aliphatic heterocycles. The van der Waals surface area contributed by atoms with Crippen LogP contribution < -0.4 is 0 Å². The van der Waals surface area contributed by atoms with Gasteiger partial charge in [-0.1, -0.05) is 11.6 Å². The number of fused-ring (bicyclic) bond motifs is 1. The third kappa shape index (κ3) is 1.20. The van der Waals surface area contributed by atoms with Gasteiger partial charge in [-0.25, -0.2) is 9.97 Å². The summed E-state index contributed by atoms with van der Waals surface area (Å²) >= 11 is 5.97. The van der Waals surface area contributed by atoms with Crippen LogP contribution in [0.3, 0.4) is 0 Å². The summed E-state index contributed by atoms with van der Waals surface area (Å²) in [5, 5.41) is 1.50. The van der Waals surface area contributed by atoms with Crippen LogP contribution in [-0.4, -0.2) is 14.5 Å². The van der Waals surface area contributed by atoms with E-state index in [0.717, 1.165) is 23.1 Å². The van der Waals surface area contributed by atoms with Crippen molar-refractivity contribution in [3.63, 3.8) is 0 Å². The smallest absolute Gasteiger partial charge is 0.145 e. The monoisotopic (exact) mass is 195 g/mol. The molecule has 13 heavy (non-hydrogen) atoms. The van der Waals surface area contributed by atoms with Gasteiger partial charge in [0.1, 0.15) is 17.1 Å². The third-order valence-corrected chi connectivity index (χ3v) is 2.42. The molecular weight excluding hydrogens is 186 g/mol. The number of hydrogen-bond acceptors (Lipinski definition) is 2. The Hall–Kier alpha value is -1.09. The molecule has 2 aromatic rings. The van der Waals surface area contributed by atoms with Crippen LogP contribution in [0.25, 0.3) is 11.0 Å². The first-order valence-electron chi connectivity index (χ1n) is 4.20. The van der Waals surface area contributed by atoms with Gasteiger partial charge >= 0.3 is 0 Å². The van der Waals surface area contributed by atoms with E-state index in [1.54, 1.807) is 0 Å². The van der Waals surface area contributed by atoms with E-state index in [1.807, 2.05) is 13.1 Å². The first kappa shape index (κ1) is 8.51. The fraction of sp³-hybridized carbons (Fsp3) is 0.333. The van der Waals surface area contributed by atoms with E-state index >= 15 is 0 Å². The lowest BCUT2D eigenvalue weighted by Gasteiger charge is -1.98. The molecule has 0 unspecified atom stereocenters. The predicted octanol–water partition coefficient (Wildman–Crippen LogP) is 2.41. The fourth-order valence-electron chi connectivity index (χ4n) is 1.51. The minimum Gasteiger partial charge on any atom is -0.332 e. The molecule has 0 fully saturated rings. The Balaban J connectivity index is 2.87. The molecule has 0 aliphatic rings. The molecule has 0 aromatic carbocycles. The van der Waals surface area contributed by atoms with Crippen LogP contribution in [-0.2, 0) is 6.54 Å². The van der Waals surface area contributed by atoms with Crippen LogP contribution in [0.4, 0.5) is 0 Å². The van der Waals surface area contributed by atoms with Crippen molar-refractivity contribution >= 4 is 22.6 Å². The lowest BCUT2D eigenvalue weighted by Crippen LogP contribution is -1.93. The van der Waals surface area contributed by atoms with Gasteiger partial charge in [0.15, 0.2) is 0 Å². The van der Waals surface area contributed by atoms with Gasteiger partial charge in [0.2, 0.25) is 0 Å². The van der Waals surface area contributed by atoms with Gasteiger partial charge in [-0.2, -0.15) is 0 Å². The summed E-state index contributed by atoms with van der Waals surface area (Å²) in [5.41, 5.74) is 2.04. The lowest BCUT2D eigenvalue weighted by atomic mass is 10.3. The number of halogens is 1. The molecule has 68 valence electrons. The summed E-state index contributed by atoms with van der Waals surface area (Å²) in [5.74, 6) is 0. The van der Waals surface area contributed by atoms with Gasteiger partial charge in [0.25, 0.3) is 0 Å². The molecule has 0 amide bonds. The van der Waals surface area contributed by atoms with Crippen LogP contribution in [0.1, 0.15) is 12.5 Å². The van der Waals surface area contributed by atoms with E-state index in [-0.39, 0.29) is 0 Å². The van der Waals surface area contributed by atoms with Crippen molar-refractivity contribution in [1.82, 2.24) is 14.5 Å². The Morgan fingerprint density at radius 3 is 2.92 bits per heavy atom. The Kier molecular flexibility index (Phi) is 1.96. The Bertz CT molecular complexity index is 447. The van der Waals surface area contributed by atoms with Crippen molar-refractivity contribution in [2.45, 2.75) is 20.4 Å². The van der Waals surface area contributed by atoms with Crippen LogP contribution in [0, 0.1) is 6.92 Å². The minimum atomic E-state index is 0.537. The number of aryl methyl sites for hydroxylation is 2. The van der Waals surface area contributed by atoms with E-state index in [4.69, 9.17) is 11.6 Å². The molecule has 2 aromatic heterocycles. The van der Waals surface area contributed by atoms with Crippen molar-refractivity contribution in [3.8, 4) is 0 Å². The highest BCUT2D eigenvalue weighted by Crippen LogP contribution is 2.24. The van der Waals surface area contributed by atoms with E-state index in [1.165, 1.54) is 6.33 Å². The average molecular weight is 196 g/mol. The van der Waals surface area contributed by atoms with E-state index in [9.17, 15) is 0 Å². The maximum absolute atomic E-state index is 5.97. The highest BCUT2D eigenvalue weighted by Gasteiger charge is 2.08. The molecule has 4 heteroatoms. The summed E-state index contributed by atoms with van der Waals surface area (Å²) in [7, 11) is 0. The van der Waals surface area contributed by atoms with E-state index < -0.39 is 0 Å². The molecule has 0 atom stereocenters. The summed E-state index contributed by atoms with van der Waals surface area (Å²) in [6.45, 7) is 5.00. The number of aromatic nitrogens is 3. The summed E-state index contributed by atoms with van der Waals surface area (Å²) in [6, 6.07) is 0. The largest absolute Gasteiger partial charge is 0.332 e. The molecule has 0 N–H and O–H groups in total. The predicted molar refractivity (Wildman–Crippen MR) is 52.9 cm³/mol. The molecule has 0 saturated heterocycles. The Morgan fingerprint density at radius 1 is 1.46 bits per heavy atom. The first-order chi connectivity index (χ1) is 6.24. The van der Waals surface area contributed by atoms with Gasteiger partial charge in [-0.15, -0.1) is 0 Å². The Morgan fingerprint density at radius 2 is 2.23 bits per heavy atom. The second kappa shape index (κ2) is 3.00. The van der Waals surface area contributed by atoms with Crippen LogP contribution in [0.5, 0.6) is 0 Å². The SMILES string of the molecule is CCn1cc(C)c2c(Cl)ncnc21. The molecule has 0 aliphatic carbocycles. The van der Waals surface area contributed by atoms with Crippen molar-refractivity contribution in [1.29, 1.82) is 0 Å². The molecule has 0 bridgehead atoms. The molecular formula is C9H10ClN3. The second-order valence-electron chi connectivity index (χ2n) is 2.96. The fourth-order valence-corrected chi connectivity index (χ4v) is 1.79. The Labute approximate surface area is 81.4 Å². The zero-order chi connectivity index (χ0) is 9.42. The van der Waals surface area contributed by atoms with Gasteiger partial charge in [-0.3, -0.25) is 0 Å². The highest BCUT2D eigenvalue weighted by molar-refractivity contribution is 6.34. The van der Waals surface area contributed by atoms with Crippen LogP contribution in [0.15, 0.2) is 12.5 Å². The topological polar surface area (TPSA) is 30.7 Å². The minimum absolute atomic E-state index is 0.537. The van der Waals surface area contributed by atoms with Crippen molar-refractivity contribution in [2.75, 3.05) is 0 Å². The summed E-state index contributed by atoms with van der Waals surface area (Å²) in [4.78, 5) is 8.16. The second-order valence-corrected chi connectivity index (χ2v) is 3.32. The van der Waals surface area contributed by atoms with Crippen molar-refractivity contribution in [2.24, 2.45) is 0 Å². The first-order valence-corrected chi connectivity index (χ1v) is 4.57. The van der Waals surface area contributed by atoms with Crippen LogP contribution >= 0.6 is 11.6 Å². The molecule has 0 spiro atoms. The standard InChI is InChI=1S/C9H10ClN3/c1-3-13-4-6(2)7-8(10)11-5-12-9(7)13/h4-5H,3H2,1-2H3. The zero-order valence-electron chi connectivity index (χ0n) is 7.58. The number of hydrogen-bond donors (Lipinski definition) is 0. The van der Waals surface area contributed by atoms with Gasteiger partial charge < -0.3 is 4.57 Å². The van der Waals surface area contributed by atoms with Crippen LogP contribution in [0.2, 0.25) is 5.15 Å². The van der Waals surface area contributed by atoms with Crippen molar-refractivity contribution < 1.29 is 0 Å². The maximum atomic E-state index is 5.97. The number of nitrogens with zero attached hydrogens (tertiary/aromatic N) is 3. The molecule has 2 heterocycles. The molecule has 0 saturated carbocycles. The van der Waals surface area contributed by atoms with E-state index in [2.05, 4.69) is 21.5 Å². The normalized spacial score (nSPS) is 11.0. The lowest BCUT2D eigenvalue weighted by molar-refractivity contribution is 0.784. The van der Waals surface area contributed by atoms with E-state index in [0.29, 0.717) is 5.15 Å². The summed E-state index contributed by atoms with van der Waals surface area (Å²) in [6.07, 6.45) is 3.54. The zero-order valence-corrected chi connectivity index (χ0v) is 8.34. The van der Waals surface area contributed by atoms with Gasteiger partial charge in [0.05, 0.1) is 5.39 Å². The maximum Gasteiger partial charge on any atom is 0.145 e. The van der Waals surface area contributed by atoms with Crippen molar-refractivity contribution in [3.05, 3.63) is 23.2 Å². The highest BCUT2D eigenvalue weighted by atomic mass is 35.5. The van der Waals surface area contributed by atoms with Gasteiger partial charge in [0, 0.05) is 12.7 Å². The molecule has 0 radical (unpaired) electrons. The van der Waals surface area contributed by atoms with Gasteiger partial charge in [-0.05, 0) is 19.4 Å². The molecule has 3 nitrogen and oxygen atoms in total.